The van der Waals surface area contributed by atoms with Gasteiger partial charge < -0.3 is 4.90 Å². The fourth-order valence-electron chi connectivity index (χ4n) is 2.19. The third kappa shape index (κ3) is 2.44. The van der Waals surface area contributed by atoms with E-state index in [9.17, 15) is 9.18 Å². The summed E-state index contributed by atoms with van der Waals surface area (Å²) in [6.45, 7) is 0.840. The highest BCUT2D eigenvalue weighted by Gasteiger charge is 2.37. The van der Waals surface area contributed by atoms with Crippen LogP contribution in [0.4, 0.5) is 4.39 Å². The lowest BCUT2D eigenvalue weighted by molar-refractivity contribution is 0.0733. The first-order valence-electron chi connectivity index (χ1n) is 6.42. The molecule has 0 saturated heterocycles. The Morgan fingerprint density at radius 3 is 2.67 bits per heavy atom. The average molecular weight is 312 g/mol. The highest BCUT2D eigenvalue weighted by Crippen LogP contribution is 2.36. The molecular weight excluding hydrogens is 297 g/mol. The van der Waals surface area contributed by atoms with Crippen molar-refractivity contribution in [3.63, 3.8) is 0 Å². The second-order valence-electron chi connectivity index (χ2n) is 5.23. The van der Waals surface area contributed by atoms with Crippen LogP contribution >= 0.6 is 15.9 Å². The van der Waals surface area contributed by atoms with Gasteiger partial charge in [-0.1, -0.05) is 6.07 Å². The lowest BCUT2D eigenvalue weighted by Crippen LogP contribution is -2.35. The average Bonchev–Trinajstić information content (AvgIpc) is 3.22. The number of amides is 1. The summed E-state index contributed by atoms with van der Waals surface area (Å²) in [5, 5.41) is 0. The zero-order valence-electron chi connectivity index (χ0n) is 10.0. The highest BCUT2D eigenvalue weighted by molar-refractivity contribution is 9.10. The van der Waals surface area contributed by atoms with E-state index < -0.39 is 0 Å². The van der Waals surface area contributed by atoms with Crippen LogP contribution in [-0.2, 0) is 0 Å². The van der Waals surface area contributed by atoms with E-state index in [0.29, 0.717) is 17.5 Å². The first kappa shape index (κ1) is 12.2. The number of nitrogens with zero attached hydrogens (tertiary/aromatic N) is 1. The molecule has 2 saturated carbocycles. The topological polar surface area (TPSA) is 20.3 Å². The normalized spacial score (nSPS) is 18.8. The molecule has 2 fully saturated rings. The van der Waals surface area contributed by atoms with Crippen molar-refractivity contribution >= 4 is 21.8 Å². The maximum absolute atomic E-state index is 13.5. The molecule has 0 N–H and O–H groups in total. The molecule has 2 aliphatic carbocycles. The van der Waals surface area contributed by atoms with Gasteiger partial charge in [-0.2, -0.15) is 0 Å². The second kappa shape index (κ2) is 4.65. The Kier molecular flexibility index (Phi) is 3.14. The molecular formula is C14H15BrFNO. The fourth-order valence-corrected chi connectivity index (χ4v) is 2.62. The first-order chi connectivity index (χ1) is 8.66. The van der Waals surface area contributed by atoms with Crippen LogP contribution in [0.2, 0.25) is 0 Å². The molecule has 96 valence electrons. The van der Waals surface area contributed by atoms with Crippen LogP contribution in [0.15, 0.2) is 22.7 Å². The molecule has 18 heavy (non-hydrogen) atoms. The predicted octanol–water partition coefficient (Wildman–Crippen LogP) is 3.60. The molecule has 0 bridgehead atoms. The van der Waals surface area contributed by atoms with Gasteiger partial charge in [0, 0.05) is 12.6 Å². The smallest absolute Gasteiger partial charge is 0.255 e. The van der Waals surface area contributed by atoms with E-state index in [1.165, 1.54) is 18.9 Å². The second-order valence-corrected chi connectivity index (χ2v) is 6.03. The molecule has 0 heterocycles. The number of carbonyl (C=O) groups is 1. The number of benzene rings is 1. The van der Waals surface area contributed by atoms with Gasteiger partial charge in [0.15, 0.2) is 0 Å². The summed E-state index contributed by atoms with van der Waals surface area (Å²) in [4.78, 5) is 14.4. The maximum atomic E-state index is 13.5. The Labute approximate surface area is 114 Å². The first-order valence-corrected chi connectivity index (χ1v) is 7.21. The van der Waals surface area contributed by atoms with Crippen LogP contribution in [0.25, 0.3) is 0 Å². The Balaban J connectivity index is 1.84. The number of carbonyl (C=O) groups excluding carboxylic acids is 1. The van der Waals surface area contributed by atoms with Crippen LogP contribution in [0.1, 0.15) is 36.0 Å². The van der Waals surface area contributed by atoms with E-state index in [-0.39, 0.29) is 16.2 Å². The number of halogens is 2. The Hall–Kier alpha value is -0.900. The molecule has 2 nitrogen and oxygen atoms in total. The Morgan fingerprint density at radius 1 is 1.33 bits per heavy atom. The molecule has 0 radical (unpaired) electrons. The van der Waals surface area contributed by atoms with Gasteiger partial charge in [0.25, 0.3) is 5.91 Å². The molecule has 0 atom stereocenters. The van der Waals surface area contributed by atoms with Gasteiger partial charge in [-0.15, -0.1) is 0 Å². The summed E-state index contributed by atoms with van der Waals surface area (Å²) >= 11 is 3.18. The highest BCUT2D eigenvalue weighted by atomic mass is 79.9. The monoisotopic (exact) mass is 311 g/mol. The van der Waals surface area contributed by atoms with E-state index >= 15 is 0 Å². The molecule has 0 aromatic heterocycles. The summed E-state index contributed by atoms with van der Waals surface area (Å²) in [5.41, 5.74) is 0.447. The van der Waals surface area contributed by atoms with Gasteiger partial charge in [-0.3, -0.25) is 4.79 Å². The van der Waals surface area contributed by atoms with Crippen molar-refractivity contribution in [1.82, 2.24) is 4.90 Å². The third-order valence-electron chi connectivity index (χ3n) is 3.58. The minimum atomic E-state index is -0.372. The van der Waals surface area contributed by atoms with Gasteiger partial charge in [-0.25, -0.2) is 4.39 Å². The van der Waals surface area contributed by atoms with E-state index in [0.717, 1.165) is 19.4 Å². The molecule has 1 aromatic carbocycles. The number of hydrogen-bond acceptors (Lipinski definition) is 1. The standard InChI is InChI=1S/C14H15BrFNO/c15-13-11(2-1-3-12(13)16)14(18)17(10-6-7-10)8-9-4-5-9/h1-3,9-10H,4-8H2. The van der Waals surface area contributed by atoms with Gasteiger partial charge in [0.2, 0.25) is 0 Å². The van der Waals surface area contributed by atoms with Crippen molar-refractivity contribution in [2.45, 2.75) is 31.7 Å². The summed E-state index contributed by atoms with van der Waals surface area (Å²) in [6, 6.07) is 5.03. The summed E-state index contributed by atoms with van der Waals surface area (Å²) < 4.78 is 13.8. The maximum Gasteiger partial charge on any atom is 0.255 e. The third-order valence-corrected chi connectivity index (χ3v) is 4.39. The summed E-state index contributed by atoms with van der Waals surface area (Å²) in [6.07, 6.45) is 4.62. The van der Waals surface area contributed by atoms with Crippen molar-refractivity contribution in [2.24, 2.45) is 5.92 Å². The van der Waals surface area contributed by atoms with Crippen LogP contribution in [0, 0.1) is 11.7 Å². The Bertz CT molecular complexity index is 483. The van der Waals surface area contributed by atoms with Gasteiger partial charge >= 0.3 is 0 Å². The van der Waals surface area contributed by atoms with Gasteiger partial charge in [-0.05, 0) is 59.7 Å². The van der Waals surface area contributed by atoms with Crippen LogP contribution in [-0.4, -0.2) is 23.4 Å². The zero-order valence-corrected chi connectivity index (χ0v) is 11.6. The van der Waals surface area contributed by atoms with Gasteiger partial charge in [0.1, 0.15) is 5.82 Å². The Morgan fingerprint density at radius 2 is 2.06 bits per heavy atom. The van der Waals surface area contributed by atoms with Crippen LogP contribution in [0.5, 0.6) is 0 Å². The van der Waals surface area contributed by atoms with Crippen molar-refractivity contribution in [3.8, 4) is 0 Å². The van der Waals surface area contributed by atoms with E-state index in [2.05, 4.69) is 15.9 Å². The predicted molar refractivity (Wildman–Crippen MR) is 70.9 cm³/mol. The van der Waals surface area contributed by atoms with Crippen molar-refractivity contribution in [1.29, 1.82) is 0 Å². The van der Waals surface area contributed by atoms with E-state index in [4.69, 9.17) is 0 Å². The zero-order chi connectivity index (χ0) is 12.7. The minimum Gasteiger partial charge on any atom is -0.335 e. The molecule has 4 heteroatoms. The van der Waals surface area contributed by atoms with Crippen molar-refractivity contribution < 1.29 is 9.18 Å². The molecule has 1 aromatic rings. The molecule has 0 unspecified atom stereocenters. The molecule has 0 spiro atoms. The molecule has 2 aliphatic rings. The van der Waals surface area contributed by atoms with E-state index in [1.54, 1.807) is 12.1 Å². The summed E-state index contributed by atoms with van der Waals surface area (Å²) in [7, 11) is 0. The fraction of sp³-hybridized carbons (Fsp3) is 0.500. The SMILES string of the molecule is O=C(c1cccc(F)c1Br)N(CC1CC1)C1CC1. The molecule has 3 rings (SSSR count). The summed E-state index contributed by atoms with van der Waals surface area (Å²) in [5.74, 6) is 0.265. The van der Waals surface area contributed by atoms with Gasteiger partial charge in [0.05, 0.1) is 10.0 Å². The molecule has 1 amide bonds. The van der Waals surface area contributed by atoms with Crippen molar-refractivity contribution in [2.75, 3.05) is 6.54 Å². The lowest BCUT2D eigenvalue weighted by atomic mass is 10.2. The number of rotatable bonds is 4. The number of hydrogen-bond donors (Lipinski definition) is 0. The lowest BCUT2D eigenvalue weighted by Gasteiger charge is -2.23. The largest absolute Gasteiger partial charge is 0.335 e. The molecule has 0 aliphatic heterocycles. The quantitative estimate of drug-likeness (QED) is 0.832. The van der Waals surface area contributed by atoms with Crippen LogP contribution < -0.4 is 0 Å². The van der Waals surface area contributed by atoms with E-state index in [1.807, 2.05) is 4.90 Å². The van der Waals surface area contributed by atoms with Crippen molar-refractivity contribution in [3.05, 3.63) is 34.1 Å². The minimum absolute atomic E-state index is 0.0317. The van der Waals surface area contributed by atoms with Crippen LogP contribution in [0.3, 0.4) is 0 Å².